The molecule has 1 heterocycles. The van der Waals surface area contributed by atoms with E-state index in [-0.39, 0.29) is 0 Å². The van der Waals surface area contributed by atoms with Gasteiger partial charge in [0.05, 0.1) is 0 Å². The van der Waals surface area contributed by atoms with Gasteiger partial charge in [0.15, 0.2) is 0 Å². The molecule has 1 aromatic rings. The van der Waals surface area contributed by atoms with E-state index < -0.39 is 0 Å². The van der Waals surface area contributed by atoms with Crippen molar-refractivity contribution >= 4 is 5.69 Å². The van der Waals surface area contributed by atoms with E-state index in [2.05, 4.69) is 30.4 Å². The molecule has 0 aromatic heterocycles. The summed E-state index contributed by atoms with van der Waals surface area (Å²) in [6.07, 6.45) is 9.63. The first-order chi connectivity index (χ1) is 8.81. The van der Waals surface area contributed by atoms with Crippen LogP contribution in [0.3, 0.4) is 0 Å². The monoisotopic (exact) mass is 243 g/mol. The number of benzene rings is 1. The van der Waals surface area contributed by atoms with E-state index in [1.165, 1.54) is 50.6 Å². The summed E-state index contributed by atoms with van der Waals surface area (Å²) in [5.74, 6) is 1.88. The first-order valence-electron chi connectivity index (χ1n) is 7.67. The van der Waals surface area contributed by atoms with Crippen molar-refractivity contribution in [3.8, 4) is 0 Å². The van der Waals surface area contributed by atoms with Crippen LogP contribution in [0.1, 0.15) is 50.2 Å². The molecule has 2 atom stereocenters. The first-order valence-corrected chi connectivity index (χ1v) is 7.67. The molecule has 1 fully saturated rings. The molecule has 1 nitrogen and oxygen atoms in total. The van der Waals surface area contributed by atoms with Crippen LogP contribution in [-0.2, 0) is 12.8 Å². The predicted octanol–water partition coefficient (Wildman–Crippen LogP) is 4.41. The number of hydrogen-bond donors (Lipinski definition) is 1. The van der Waals surface area contributed by atoms with Crippen LogP contribution in [0.2, 0.25) is 0 Å². The van der Waals surface area contributed by atoms with Crippen molar-refractivity contribution in [2.45, 2.75) is 51.9 Å². The second kappa shape index (κ2) is 5.34. The smallest absolute Gasteiger partial charge is 0.0372 e. The summed E-state index contributed by atoms with van der Waals surface area (Å²) in [5.41, 5.74) is 4.49. The van der Waals surface area contributed by atoms with Crippen LogP contribution in [0.4, 0.5) is 5.69 Å². The number of nitrogens with one attached hydrogen (secondary N) is 1. The fourth-order valence-corrected chi connectivity index (χ4v) is 3.73. The maximum atomic E-state index is 3.50. The van der Waals surface area contributed by atoms with E-state index in [4.69, 9.17) is 0 Å². The standard InChI is InChI=1S/C17H25N/c1-13-4-2-5-14(10-13)11-15-7-8-17-16(12-15)6-3-9-18-17/h7-8,12-14,18H,2-6,9-11H2,1H3. The van der Waals surface area contributed by atoms with Crippen molar-refractivity contribution in [2.24, 2.45) is 11.8 Å². The molecule has 1 heteroatoms. The molecule has 1 aliphatic carbocycles. The maximum absolute atomic E-state index is 3.50. The Balaban J connectivity index is 1.69. The molecule has 1 saturated carbocycles. The lowest BCUT2D eigenvalue weighted by molar-refractivity contribution is 0.281. The summed E-state index contributed by atoms with van der Waals surface area (Å²) in [7, 11) is 0. The summed E-state index contributed by atoms with van der Waals surface area (Å²) in [5, 5.41) is 3.50. The van der Waals surface area contributed by atoms with Crippen molar-refractivity contribution in [3.63, 3.8) is 0 Å². The van der Waals surface area contributed by atoms with Gasteiger partial charge in [-0.15, -0.1) is 0 Å². The van der Waals surface area contributed by atoms with Gasteiger partial charge in [-0.2, -0.15) is 0 Å². The predicted molar refractivity (Wildman–Crippen MR) is 78.1 cm³/mol. The Morgan fingerprint density at radius 2 is 2.17 bits per heavy atom. The molecular formula is C17H25N. The summed E-state index contributed by atoms with van der Waals surface area (Å²) in [6.45, 7) is 3.56. The Morgan fingerprint density at radius 3 is 3.06 bits per heavy atom. The molecule has 1 aromatic carbocycles. The van der Waals surface area contributed by atoms with Gasteiger partial charge in [-0.05, 0) is 54.7 Å². The average molecular weight is 243 g/mol. The van der Waals surface area contributed by atoms with E-state index >= 15 is 0 Å². The molecule has 2 unspecified atom stereocenters. The third-order valence-corrected chi connectivity index (χ3v) is 4.68. The molecule has 3 rings (SSSR count). The van der Waals surface area contributed by atoms with Crippen LogP contribution < -0.4 is 5.32 Å². The van der Waals surface area contributed by atoms with E-state index in [1.807, 2.05) is 0 Å². The fraction of sp³-hybridized carbons (Fsp3) is 0.647. The van der Waals surface area contributed by atoms with Crippen LogP contribution in [0, 0.1) is 11.8 Å². The molecule has 1 N–H and O–H groups in total. The zero-order chi connectivity index (χ0) is 12.4. The van der Waals surface area contributed by atoms with Gasteiger partial charge in [0.2, 0.25) is 0 Å². The maximum Gasteiger partial charge on any atom is 0.0372 e. The third kappa shape index (κ3) is 2.71. The summed E-state index contributed by atoms with van der Waals surface area (Å²) in [4.78, 5) is 0. The summed E-state index contributed by atoms with van der Waals surface area (Å²) >= 11 is 0. The Bertz CT molecular complexity index is 410. The molecule has 18 heavy (non-hydrogen) atoms. The van der Waals surface area contributed by atoms with Gasteiger partial charge in [0, 0.05) is 12.2 Å². The highest BCUT2D eigenvalue weighted by Gasteiger charge is 2.19. The third-order valence-electron chi connectivity index (χ3n) is 4.68. The van der Waals surface area contributed by atoms with Gasteiger partial charge in [-0.1, -0.05) is 38.3 Å². The van der Waals surface area contributed by atoms with Gasteiger partial charge >= 0.3 is 0 Å². The van der Waals surface area contributed by atoms with E-state index in [9.17, 15) is 0 Å². The molecule has 0 bridgehead atoms. The van der Waals surface area contributed by atoms with Crippen molar-refractivity contribution in [1.82, 2.24) is 0 Å². The lowest BCUT2D eigenvalue weighted by atomic mass is 9.79. The number of hydrogen-bond acceptors (Lipinski definition) is 1. The number of aryl methyl sites for hydroxylation is 1. The highest BCUT2D eigenvalue weighted by Crippen LogP contribution is 2.32. The molecular weight excluding hydrogens is 218 g/mol. The molecule has 0 radical (unpaired) electrons. The van der Waals surface area contributed by atoms with E-state index in [0.717, 1.165) is 18.4 Å². The van der Waals surface area contributed by atoms with Gasteiger partial charge in [0.25, 0.3) is 0 Å². The lowest BCUT2D eigenvalue weighted by Crippen LogP contribution is -2.16. The van der Waals surface area contributed by atoms with Crippen molar-refractivity contribution < 1.29 is 0 Å². The van der Waals surface area contributed by atoms with Gasteiger partial charge in [0.1, 0.15) is 0 Å². The van der Waals surface area contributed by atoms with Crippen LogP contribution in [0.5, 0.6) is 0 Å². The van der Waals surface area contributed by atoms with Gasteiger partial charge in [-0.3, -0.25) is 0 Å². The van der Waals surface area contributed by atoms with Crippen LogP contribution in [0.15, 0.2) is 18.2 Å². The number of fused-ring (bicyclic) bond motifs is 1. The van der Waals surface area contributed by atoms with E-state index in [1.54, 1.807) is 11.1 Å². The Labute approximate surface area is 111 Å². The topological polar surface area (TPSA) is 12.0 Å². The summed E-state index contributed by atoms with van der Waals surface area (Å²) in [6, 6.07) is 7.10. The Morgan fingerprint density at radius 1 is 1.22 bits per heavy atom. The normalized spacial score (nSPS) is 27.4. The quantitative estimate of drug-likeness (QED) is 0.811. The van der Waals surface area contributed by atoms with Crippen molar-refractivity contribution in [1.29, 1.82) is 0 Å². The molecule has 0 spiro atoms. The number of anilines is 1. The van der Waals surface area contributed by atoms with Crippen LogP contribution in [0.25, 0.3) is 0 Å². The van der Waals surface area contributed by atoms with Crippen molar-refractivity contribution in [2.75, 3.05) is 11.9 Å². The second-order valence-corrected chi connectivity index (χ2v) is 6.36. The minimum atomic E-state index is 0.934. The molecule has 0 saturated heterocycles. The first kappa shape index (κ1) is 12.1. The molecule has 1 aliphatic heterocycles. The highest BCUT2D eigenvalue weighted by atomic mass is 14.9. The minimum absolute atomic E-state index is 0.934. The highest BCUT2D eigenvalue weighted by molar-refractivity contribution is 5.54. The molecule has 0 amide bonds. The zero-order valence-electron chi connectivity index (χ0n) is 11.5. The zero-order valence-corrected chi connectivity index (χ0v) is 11.5. The number of rotatable bonds is 2. The molecule has 98 valence electrons. The van der Waals surface area contributed by atoms with Gasteiger partial charge in [-0.25, -0.2) is 0 Å². The fourth-order valence-electron chi connectivity index (χ4n) is 3.73. The van der Waals surface area contributed by atoms with Crippen LogP contribution in [-0.4, -0.2) is 6.54 Å². The Kier molecular flexibility index (Phi) is 3.58. The van der Waals surface area contributed by atoms with Crippen LogP contribution >= 0.6 is 0 Å². The largest absolute Gasteiger partial charge is 0.385 e. The van der Waals surface area contributed by atoms with Crippen molar-refractivity contribution in [3.05, 3.63) is 29.3 Å². The average Bonchev–Trinajstić information content (AvgIpc) is 2.39. The lowest BCUT2D eigenvalue weighted by Gasteiger charge is -2.27. The minimum Gasteiger partial charge on any atom is -0.385 e. The summed E-state index contributed by atoms with van der Waals surface area (Å²) < 4.78 is 0. The second-order valence-electron chi connectivity index (χ2n) is 6.36. The van der Waals surface area contributed by atoms with E-state index in [0.29, 0.717) is 0 Å². The molecule has 2 aliphatic rings. The Hall–Kier alpha value is -0.980. The van der Waals surface area contributed by atoms with Gasteiger partial charge < -0.3 is 5.32 Å². The SMILES string of the molecule is CC1CCCC(Cc2ccc3c(c2)CCCN3)C1.